The number of anilines is 3. The smallest absolute Gasteiger partial charge is 0.278 e. The monoisotopic (exact) mass is 540 g/mol. The van der Waals surface area contributed by atoms with Crippen LogP contribution in [0.25, 0.3) is 16.9 Å². The van der Waals surface area contributed by atoms with E-state index in [0.717, 1.165) is 31.4 Å². The van der Waals surface area contributed by atoms with Crippen LogP contribution in [0.15, 0.2) is 72.2 Å². The molecule has 0 aliphatic heterocycles. The molecule has 10 heteroatoms. The van der Waals surface area contributed by atoms with Gasteiger partial charge in [0.2, 0.25) is 11.9 Å². The molecule has 0 spiro atoms. The number of fused-ring (bicyclic) bond motifs is 1. The molecule has 0 bridgehead atoms. The van der Waals surface area contributed by atoms with Gasteiger partial charge in [0, 0.05) is 30.5 Å². The average Bonchev–Trinajstić information content (AvgIpc) is 2.98. The van der Waals surface area contributed by atoms with Crippen molar-refractivity contribution >= 4 is 34.4 Å². The lowest BCUT2D eigenvalue weighted by Crippen LogP contribution is -2.28. The van der Waals surface area contributed by atoms with Gasteiger partial charge in [-0.05, 0) is 49.2 Å². The van der Waals surface area contributed by atoms with Gasteiger partial charge in [-0.25, -0.2) is 9.97 Å². The highest BCUT2D eigenvalue weighted by Gasteiger charge is 2.24. The summed E-state index contributed by atoms with van der Waals surface area (Å²) in [7, 11) is 1.62. The van der Waals surface area contributed by atoms with Gasteiger partial charge in [0.25, 0.3) is 5.56 Å². The van der Waals surface area contributed by atoms with Crippen molar-refractivity contribution in [1.29, 1.82) is 0 Å². The summed E-state index contributed by atoms with van der Waals surface area (Å²) in [5.74, 6) is 0.725. The second kappa shape index (κ2) is 12.5. The first-order valence-electron chi connectivity index (χ1n) is 13.4. The molecule has 0 saturated heterocycles. The zero-order chi connectivity index (χ0) is 27.9. The summed E-state index contributed by atoms with van der Waals surface area (Å²) in [6.07, 6.45) is 7.99. The topological polar surface area (TPSA) is 120 Å². The number of hydrogen-bond donors (Lipinski definition) is 2. The normalized spacial score (nSPS) is 13.6. The standard InChI is InChI=1S/C30H32N6O4/c1-3-26(37)32-21-11-7-13-23(17-21)36-28-25(34-27(29(36)38)20-9-5-4-6-10-20)19-31-30(35-28)33-22-12-8-14-24(18-22)40-16-15-39-2/h3,7-8,11-14,17-20H,1,4-6,9-10,15-16H2,2H3,(H,32,37)(H,31,33,35). The zero-order valence-corrected chi connectivity index (χ0v) is 22.4. The Balaban J connectivity index is 1.57. The van der Waals surface area contributed by atoms with E-state index in [2.05, 4.69) is 22.2 Å². The van der Waals surface area contributed by atoms with E-state index in [-0.39, 0.29) is 17.4 Å². The van der Waals surface area contributed by atoms with E-state index in [1.807, 2.05) is 30.3 Å². The highest BCUT2D eigenvalue weighted by molar-refractivity contribution is 5.99. The molecule has 1 amide bonds. The van der Waals surface area contributed by atoms with Crippen LogP contribution < -0.4 is 20.9 Å². The molecule has 1 saturated carbocycles. The largest absolute Gasteiger partial charge is 0.491 e. The van der Waals surface area contributed by atoms with Gasteiger partial charge in [0.05, 0.1) is 18.5 Å². The van der Waals surface area contributed by atoms with E-state index in [9.17, 15) is 9.59 Å². The van der Waals surface area contributed by atoms with Crippen molar-refractivity contribution in [3.05, 3.63) is 83.4 Å². The molecule has 2 heterocycles. The van der Waals surface area contributed by atoms with Crippen molar-refractivity contribution in [2.24, 2.45) is 0 Å². The zero-order valence-electron chi connectivity index (χ0n) is 22.4. The van der Waals surface area contributed by atoms with Crippen LogP contribution in [-0.4, -0.2) is 45.7 Å². The average molecular weight is 541 g/mol. The Morgan fingerprint density at radius 1 is 1.07 bits per heavy atom. The highest BCUT2D eigenvalue weighted by atomic mass is 16.5. The van der Waals surface area contributed by atoms with Gasteiger partial charge in [-0.1, -0.05) is 38.0 Å². The lowest BCUT2D eigenvalue weighted by molar-refractivity contribution is -0.111. The van der Waals surface area contributed by atoms with E-state index < -0.39 is 0 Å². The molecular formula is C30H32N6O4. The minimum absolute atomic E-state index is 0.0826. The number of benzene rings is 2. The first-order valence-corrected chi connectivity index (χ1v) is 13.4. The fourth-order valence-corrected chi connectivity index (χ4v) is 4.89. The number of ether oxygens (including phenoxy) is 2. The maximum absolute atomic E-state index is 14.0. The molecule has 0 atom stereocenters. The Kier molecular flexibility index (Phi) is 8.46. The Morgan fingerprint density at radius 3 is 2.67 bits per heavy atom. The van der Waals surface area contributed by atoms with Gasteiger partial charge in [0.15, 0.2) is 5.65 Å². The number of nitrogens with zero attached hydrogens (tertiary/aromatic N) is 4. The fraction of sp³-hybridized carbons (Fsp3) is 0.300. The molecule has 40 heavy (non-hydrogen) atoms. The summed E-state index contributed by atoms with van der Waals surface area (Å²) >= 11 is 0. The molecule has 2 N–H and O–H groups in total. The number of hydrogen-bond acceptors (Lipinski definition) is 8. The minimum Gasteiger partial charge on any atom is -0.491 e. The van der Waals surface area contributed by atoms with Crippen LogP contribution in [0.1, 0.15) is 43.7 Å². The Morgan fingerprint density at radius 2 is 1.88 bits per heavy atom. The third-order valence-corrected chi connectivity index (χ3v) is 6.82. The van der Waals surface area contributed by atoms with Crippen LogP contribution in [0.3, 0.4) is 0 Å². The third kappa shape index (κ3) is 6.18. The van der Waals surface area contributed by atoms with Gasteiger partial charge in [0.1, 0.15) is 23.6 Å². The highest BCUT2D eigenvalue weighted by Crippen LogP contribution is 2.31. The molecule has 0 unspecified atom stereocenters. The SMILES string of the molecule is C=CC(=O)Nc1cccc(-n2c(=O)c(C3CCCCC3)nc3cnc(Nc4cccc(OCCOC)c4)nc32)c1. The summed E-state index contributed by atoms with van der Waals surface area (Å²) < 4.78 is 12.3. The van der Waals surface area contributed by atoms with Crippen molar-refractivity contribution in [3.8, 4) is 11.4 Å². The Labute approximate surface area is 232 Å². The Hall–Kier alpha value is -4.57. The summed E-state index contributed by atoms with van der Waals surface area (Å²) in [6.45, 7) is 4.42. The van der Waals surface area contributed by atoms with E-state index in [4.69, 9.17) is 19.4 Å². The molecule has 2 aromatic carbocycles. The second-order valence-electron chi connectivity index (χ2n) is 9.61. The van der Waals surface area contributed by atoms with Gasteiger partial charge in [-0.3, -0.25) is 14.2 Å². The van der Waals surface area contributed by atoms with Gasteiger partial charge in [-0.2, -0.15) is 4.98 Å². The quantitative estimate of drug-likeness (QED) is 0.210. The number of carbonyl (C=O) groups excluding carboxylic acids is 1. The summed E-state index contributed by atoms with van der Waals surface area (Å²) in [4.78, 5) is 39.9. The molecule has 5 rings (SSSR count). The number of amides is 1. The summed E-state index contributed by atoms with van der Waals surface area (Å²) in [5, 5.41) is 5.97. The van der Waals surface area contributed by atoms with E-state index >= 15 is 0 Å². The first-order chi connectivity index (χ1) is 19.6. The van der Waals surface area contributed by atoms with Gasteiger partial charge >= 0.3 is 0 Å². The van der Waals surface area contributed by atoms with Crippen LogP contribution in [0.5, 0.6) is 5.75 Å². The van der Waals surface area contributed by atoms with Crippen molar-refractivity contribution in [3.63, 3.8) is 0 Å². The van der Waals surface area contributed by atoms with Crippen molar-refractivity contribution < 1.29 is 14.3 Å². The number of nitrogens with one attached hydrogen (secondary N) is 2. The van der Waals surface area contributed by atoms with Crippen LogP contribution in [0.2, 0.25) is 0 Å². The molecule has 0 radical (unpaired) electrons. The van der Waals surface area contributed by atoms with E-state index in [1.54, 1.807) is 36.1 Å². The second-order valence-corrected chi connectivity index (χ2v) is 9.61. The van der Waals surface area contributed by atoms with Crippen LogP contribution in [-0.2, 0) is 9.53 Å². The molecule has 1 fully saturated rings. The van der Waals surface area contributed by atoms with Crippen LogP contribution in [0, 0.1) is 0 Å². The third-order valence-electron chi connectivity index (χ3n) is 6.82. The number of aromatic nitrogens is 4. The van der Waals surface area contributed by atoms with Crippen molar-refractivity contribution in [1.82, 2.24) is 19.5 Å². The molecular weight excluding hydrogens is 508 g/mol. The Bertz CT molecular complexity index is 1580. The molecule has 10 nitrogen and oxygen atoms in total. The summed E-state index contributed by atoms with van der Waals surface area (Å²) in [6, 6.07) is 14.5. The predicted molar refractivity (Wildman–Crippen MR) is 155 cm³/mol. The predicted octanol–water partition coefficient (Wildman–Crippen LogP) is 5.12. The molecule has 206 valence electrons. The molecule has 1 aliphatic rings. The van der Waals surface area contributed by atoms with Crippen LogP contribution in [0.4, 0.5) is 17.3 Å². The van der Waals surface area contributed by atoms with Gasteiger partial charge in [-0.15, -0.1) is 0 Å². The summed E-state index contributed by atoms with van der Waals surface area (Å²) in [5.41, 5.74) is 3.02. The molecule has 2 aromatic heterocycles. The van der Waals surface area contributed by atoms with Crippen LogP contribution >= 0.6 is 0 Å². The fourth-order valence-electron chi connectivity index (χ4n) is 4.89. The molecule has 1 aliphatic carbocycles. The van der Waals surface area contributed by atoms with Gasteiger partial charge < -0.3 is 20.1 Å². The lowest BCUT2D eigenvalue weighted by Gasteiger charge is -2.22. The first kappa shape index (κ1) is 27.0. The number of rotatable bonds is 10. The van der Waals surface area contributed by atoms with Crippen molar-refractivity contribution in [2.45, 2.75) is 38.0 Å². The number of carbonyl (C=O) groups is 1. The lowest BCUT2D eigenvalue weighted by atomic mass is 9.87. The maximum Gasteiger partial charge on any atom is 0.278 e. The number of methoxy groups -OCH3 is 1. The maximum atomic E-state index is 14.0. The minimum atomic E-state index is -0.339. The van der Waals surface area contributed by atoms with Crippen molar-refractivity contribution in [2.75, 3.05) is 31.0 Å². The van der Waals surface area contributed by atoms with E-state index in [1.165, 1.54) is 12.5 Å². The van der Waals surface area contributed by atoms with E-state index in [0.29, 0.717) is 53.1 Å². The molecule has 4 aromatic rings.